The predicted octanol–water partition coefficient (Wildman–Crippen LogP) is 2.45. The van der Waals surface area contributed by atoms with Crippen LogP contribution in [-0.2, 0) is 16.6 Å². The van der Waals surface area contributed by atoms with Crippen LogP contribution >= 0.6 is 0 Å². The van der Waals surface area contributed by atoms with E-state index in [2.05, 4.69) is 20.6 Å². The van der Waals surface area contributed by atoms with Crippen LogP contribution in [0.15, 0.2) is 47.5 Å². The summed E-state index contributed by atoms with van der Waals surface area (Å²) in [4.78, 5) is 7.88. The molecule has 1 aromatic heterocycles. The van der Waals surface area contributed by atoms with Crippen molar-refractivity contribution in [3.63, 3.8) is 0 Å². The molecule has 1 heterocycles. The molecule has 0 bridgehead atoms. The van der Waals surface area contributed by atoms with E-state index in [0.29, 0.717) is 28.3 Å². The average Bonchev–Trinajstić information content (AvgIpc) is 2.75. The van der Waals surface area contributed by atoms with Crippen LogP contribution in [0.3, 0.4) is 0 Å². The molecule has 0 unspecified atom stereocenters. The van der Waals surface area contributed by atoms with Crippen LogP contribution in [-0.4, -0.2) is 30.1 Å². The Morgan fingerprint density at radius 3 is 2.62 bits per heavy atom. The lowest BCUT2D eigenvalue weighted by Gasteiger charge is -2.13. The summed E-state index contributed by atoms with van der Waals surface area (Å²) >= 11 is 0. The van der Waals surface area contributed by atoms with Crippen molar-refractivity contribution in [1.82, 2.24) is 9.97 Å². The molecule has 0 spiro atoms. The van der Waals surface area contributed by atoms with E-state index in [1.807, 2.05) is 6.07 Å². The Bertz CT molecular complexity index is 1290. The van der Waals surface area contributed by atoms with Gasteiger partial charge in [0, 0.05) is 16.9 Å². The molecule has 2 aromatic carbocycles. The Morgan fingerprint density at radius 1 is 1.22 bits per heavy atom. The SMILES string of the molecule is Cc1ccc(Nc2ncc(F)c(Nc3ccc(OCC#N)c(CO)c3)n2)cc1S(N)(=O)=O. The van der Waals surface area contributed by atoms with E-state index in [9.17, 15) is 17.9 Å². The molecule has 0 saturated heterocycles. The number of halogens is 1. The first-order valence-electron chi connectivity index (χ1n) is 9.15. The number of nitrogens with two attached hydrogens (primary N) is 1. The van der Waals surface area contributed by atoms with Gasteiger partial charge in [-0.3, -0.25) is 0 Å². The molecule has 10 nitrogen and oxygen atoms in total. The fraction of sp³-hybridized carbons (Fsp3) is 0.150. The monoisotopic (exact) mass is 458 g/mol. The minimum absolute atomic E-state index is 0.00878. The number of benzene rings is 2. The molecule has 0 aliphatic heterocycles. The van der Waals surface area contributed by atoms with Crippen molar-refractivity contribution in [1.29, 1.82) is 5.26 Å². The quantitative estimate of drug-likeness (QED) is 0.397. The molecule has 0 aliphatic rings. The molecule has 0 aliphatic carbocycles. The zero-order chi connectivity index (χ0) is 23.3. The minimum Gasteiger partial charge on any atom is -0.478 e. The van der Waals surface area contributed by atoms with Gasteiger partial charge in [0.25, 0.3) is 0 Å². The van der Waals surface area contributed by atoms with Gasteiger partial charge in [-0.05, 0) is 42.8 Å². The van der Waals surface area contributed by atoms with E-state index in [0.717, 1.165) is 6.20 Å². The van der Waals surface area contributed by atoms with Crippen molar-refractivity contribution in [3.05, 3.63) is 59.5 Å². The van der Waals surface area contributed by atoms with E-state index < -0.39 is 15.8 Å². The number of nitrogens with one attached hydrogen (secondary N) is 2. The van der Waals surface area contributed by atoms with Crippen LogP contribution in [0.4, 0.5) is 27.5 Å². The number of aromatic nitrogens is 2. The highest BCUT2D eigenvalue weighted by Gasteiger charge is 2.14. The Kier molecular flexibility index (Phi) is 6.84. The maximum atomic E-state index is 14.3. The van der Waals surface area contributed by atoms with Crippen LogP contribution in [0.2, 0.25) is 0 Å². The molecular weight excluding hydrogens is 439 g/mol. The topological polar surface area (TPSA) is 163 Å². The predicted molar refractivity (Wildman–Crippen MR) is 115 cm³/mol. The number of hydrogen-bond donors (Lipinski definition) is 4. The number of ether oxygens (including phenoxy) is 1. The van der Waals surface area contributed by atoms with Crippen LogP contribution < -0.4 is 20.5 Å². The summed E-state index contributed by atoms with van der Waals surface area (Å²) in [5.74, 6) is -0.555. The van der Waals surface area contributed by atoms with Gasteiger partial charge >= 0.3 is 0 Å². The number of aliphatic hydroxyl groups is 1. The lowest BCUT2D eigenvalue weighted by atomic mass is 10.2. The van der Waals surface area contributed by atoms with Gasteiger partial charge < -0.3 is 20.5 Å². The van der Waals surface area contributed by atoms with E-state index in [1.54, 1.807) is 25.1 Å². The summed E-state index contributed by atoms with van der Waals surface area (Å²) in [6, 6.07) is 11.0. The second-order valence-corrected chi connectivity index (χ2v) is 8.12. The normalized spacial score (nSPS) is 11.0. The van der Waals surface area contributed by atoms with E-state index in [1.165, 1.54) is 18.2 Å². The third-order valence-electron chi connectivity index (χ3n) is 4.28. The second-order valence-electron chi connectivity index (χ2n) is 6.59. The van der Waals surface area contributed by atoms with Gasteiger partial charge in [0.1, 0.15) is 11.8 Å². The van der Waals surface area contributed by atoms with Crippen molar-refractivity contribution in [2.45, 2.75) is 18.4 Å². The number of rotatable bonds is 8. The van der Waals surface area contributed by atoms with E-state index in [-0.39, 0.29) is 29.9 Å². The molecule has 12 heteroatoms. The molecule has 3 rings (SSSR count). The van der Waals surface area contributed by atoms with Crippen molar-refractivity contribution in [2.24, 2.45) is 5.14 Å². The van der Waals surface area contributed by atoms with E-state index >= 15 is 0 Å². The number of nitriles is 1. The summed E-state index contributed by atoms with van der Waals surface area (Å²) in [5.41, 5.74) is 1.63. The van der Waals surface area contributed by atoms with Crippen LogP contribution in [0.5, 0.6) is 5.75 Å². The molecule has 0 saturated carbocycles. The largest absolute Gasteiger partial charge is 0.478 e. The van der Waals surface area contributed by atoms with Gasteiger partial charge in [0.05, 0.1) is 17.7 Å². The zero-order valence-electron chi connectivity index (χ0n) is 16.8. The minimum atomic E-state index is -3.92. The molecule has 0 atom stereocenters. The number of aliphatic hydroxyl groups excluding tert-OH is 1. The molecule has 3 aromatic rings. The van der Waals surface area contributed by atoms with Crippen LogP contribution in [0.1, 0.15) is 11.1 Å². The summed E-state index contributed by atoms with van der Waals surface area (Å²) < 4.78 is 42.9. The highest BCUT2D eigenvalue weighted by atomic mass is 32.2. The van der Waals surface area contributed by atoms with Gasteiger partial charge in [-0.25, -0.2) is 22.9 Å². The summed E-state index contributed by atoms with van der Waals surface area (Å²) in [5, 5.41) is 29.0. The Labute approximate surface area is 183 Å². The Balaban J connectivity index is 1.85. The Hall–Kier alpha value is -3.79. The van der Waals surface area contributed by atoms with Crippen molar-refractivity contribution in [2.75, 3.05) is 17.2 Å². The Morgan fingerprint density at radius 2 is 1.94 bits per heavy atom. The maximum Gasteiger partial charge on any atom is 0.238 e. The fourth-order valence-corrected chi connectivity index (χ4v) is 3.60. The number of nitrogens with zero attached hydrogens (tertiary/aromatic N) is 3. The maximum absolute atomic E-state index is 14.3. The summed E-state index contributed by atoms with van der Waals surface area (Å²) in [7, 11) is -3.92. The number of anilines is 4. The smallest absolute Gasteiger partial charge is 0.238 e. The third-order valence-corrected chi connectivity index (χ3v) is 5.33. The average molecular weight is 458 g/mol. The molecule has 32 heavy (non-hydrogen) atoms. The van der Waals surface area contributed by atoms with Crippen molar-refractivity contribution in [3.8, 4) is 11.8 Å². The van der Waals surface area contributed by atoms with Crippen molar-refractivity contribution < 1.29 is 22.7 Å². The first-order valence-corrected chi connectivity index (χ1v) is 10.7. The molecule has 0 fully saturated rings. The van der Waals surface area contributed by atoms with E-state index in [4.69, 9.17) is 15.1 Å². The van der Waals surface area contributed by atoms with Crippen LogP contribution in [0.25, 0.3) is 0 Å². The number of sulfonamides is 1. The van der Waals surface area contributed by atoms with Gasteiger partial charge in [-0.1, -0.05) is 6.07 Å². The standard InChI is InChI=1S/C20H19FN6O4S/c1-12-2-3-15(9-18(12)32(23,29)30)26-20-24-10-16(21)19(27-20)25-14-4-5-17(31-7-6-22)13(8-14)11-28/h2-5,8-10,28H,7,11H2,1H3,(H2,23,29,30)(H2,24,25,26,27). The highest BCUT2D eigenvalue weighted by molar-refractivity contribution is 7.89. The van der Waals surface area contributed by atoms with Gasteiger partial charge in [0.2, 0.25) is 16.0 Å². The summed E-state index contributed by atoms with van der Waals surface area (Å²) in [6.45, 7) is 1.08. The lowest BCUT2D eigenvalue weighted by Crippen LogP contribution is -2.14. The highest BCUT2D eigenvalue weighted by Crippen LogP contribution is 2.27. The number of primary sulfonamides is 1. The van der Waals surface area contributed by atoms with Gasteiger partial charge in [-0.15, -0.1) is 0 Å². The van der Waals surface area contributed by atoms with Gasteiger partial charge in [0.15, 0.2) is 18.2 Å². The number of hydrogen-bond acceptors (Lipinski definition) is 9. The first kappa shape index (κ1) is 22.9. The first-order chi connectivity index (χ1) is 15.2. The molecule has 0 radical (unpaired) electrons. The molecule has 166 valence electrons. The lowest BCUT2D eigenvalue weighted by molar-refractivity contribution is 0.270. The fourth-order valence-electron chi connectivity index (χ4n) is 2.80. The zero-order valence-corrected chi connectivity index (χ0v) is 17.6. The number of aryl methyl sites for hydroxylation is 1. The molecule has 0 amide bonds. The van der Waals surface area contributed by atoms with Gasteiger partial charge in [-0.2, -0.15) is 10.2 Å². The third kappa shape index (κ3) is 5.46. The summed E-state index contributed by atoms with van der Waals surface area (Å²) in [6.07, 6.45) is 0.948. The molecule has 5 N–H and O–H groups in total. The molecular formula is C20H19FN6O4S. The second kappa shape index (κ2) is 9.56. The van der Waals surface area contributed by atoms with Crippen LogP contribution in [0, 0.1) is 24.1 Å². The van der Waals surface area contributed by atoms with Crippen molar-refractivity contribution >= 4 is 33.2 Å².